The molecule has 0 spiro atoms. The van der Waals surface area contributed by atoms with Gasteiger partial charge in [0.2, 0.25) is 11.9 Å². The smallest absolute Gasteiger partial charge is 0.225 e. The highest BCUT2D eigenvalue weighted by Gasteiger charge is 2.38. The van der Waals surface area contributed by atoms with E-state index in [0.717, 1.165) is 16.7 Å². The van der Waals surface area contributed by atoms with E-state index in [4.69, 9.17) is 11.5 Å². The Kier molecular flexibility index (Phi) is 4.34. The van der Waals surface area contributed by atoms with Crippen molar-refractivity contribution >= 4 is 17.5 Å². The third-order valence-electron chi connectivity index (χ3n) is 4.90. The minimum atomic E-state index is -0.754. The second kappa shape index (κ2) is 6.97. The maximum Gasteiger partial charge on any atom is 0.225 e. The van der Waals surface area contributed by atoms with E-state index in [2.05, 4.69) is 39.2 Å². The van der Waals surface area contributed by atoms with Crippen LogP contribution in [0, 0.1) is 11.3 Å². The van der Waals surface area contributed by atoms with E-state index in [0.29, 0.717) is 17.8 Å². The van der Waals surface area contributed by atoms with E-state index in [1.165, 1.54) is 0 Å². The van der Waals surface area contributed by atoms with Gasteiger partial charge >= 0.3 is 0 Å². The van der Waals surface area contributed by atoms with Gasteiger partial charge < -0.3 is 11.5 Å². The molecule has 2 aromatic carbocycles. The molecule has 4 N–H and O–H groups in total. The van der Waals surface area contributed by atoms with Crippen molar-refractivity contribution in [3.8, 4) is 6.07 Å². The third kappa shape index (κ3) is 2.99. The lowest BCUT2D eigenvalue weighted by Gasteiger charge is -2.32. The number of hydrogen-bond donors (Lipinski definition) is 2. The Balaban J connectivity index is 1.89. The summed E-state index contributed by atoms with van der Waals surface area (Å²) in [5.74, 6) is 0.546. The SMILES string of the molecule is N#Cc1ccccc1C1(c2nc(N)nc(N)n2)C=CC(c2ccccc2)=CC1. The summed E-state index contributed by atoms with van der Waals surface area (Å²) in [5.41, 5.74) is 14.5. The molecule has 0 fully saturated rings. The molecule has 3 aromatic rings. The van der Waals surface area contributed by atoms with Crippen LogP contribution in [0.15, 0.2) is 72.8 Å². The molecule has 1 heterocycles. The third-order valence-corrected chi connectivity index (χ3v) is 4.90. The van der Waals surface area contributed by atoms with Crippen LogP contribution >= 0.6 is 0 Å². The molecule has 1 unspecified atom stereocenters. The maximum atomic E-state index is 9.66. The molecule has 28 heavy (non-hydrogen) atoms. The van der Waals surface area contributed by atoms with Gasteiger partial charge in [-0.3, -0.25) is 0 Å². The van der Waals surface area contributed by atoms with E-state index in [9.17, 15) is 5.26 Å². The van der Waals surface area contributed by atoms with E-state index < -0.39 is 5.41 Å². The molecular formula is C22H18N6. The number of nitrogen functional groups attached to an aromatic ring is 2. The number of aromatic nitrogens is 3. The largest absolute Gasteiger partial charge is 0.368 e. The average Bonchev–Trinajstić information content (AvgIpc) is 2.74. The van der Waals surface area contributed by atoms with Crippen LogP contribution < -0.4 is 11.5 Å². The first-order valence-corrected chi connectivity index (χ1v) is 8.84. The van der Waals surface area contributed by atoms with Crippen LogP contribution in [0.2, 0.25) is 0 Å². The Morgan fingerprint density at radius 1 is 0.893 bits per heavy atom. The Bertz CT molecular complexity index is 1110. The van der Waals surface area contributed by atoms with Gasteiger partial charge in [0.05, 0.1) is 17.0 Å². The van der Waals surface area contributed by atoms with Gasteiger partial charge in [0, 0.05) is 0 Å². The van der Waals surface area contributed by atoms with Crippen molar-refractivity contribution in [1.82, 2.24) is 15.0 Å². The summed E-state index contributed by atoms with van der Waals surface area (Å²) in [5, 5.41) is 9.66. The quantitative estimate of drug-likeness (QED) is 0.735. The Labute approximate surface area is 162 Å². The van der Waals surface area contributed by atoms with E-state index in [-0.39, 0.29) is 11.9 Å². The van der Waals surface area contributed by atoms with Gasteiger partial charge in [-0.05, 0) is 29.2 Å². The number of hydrogen-bond acceptors (Lipinski definition) is 6. The minimum Gasteiger partial charge on any atom is -0.368 e. The second-order valence-corrected chi connectivity index (χ2v) is 6.57. The van der Waals surface area contributed by atoms with Crippen LogP contribution in [0.1, 0.15) is 28.9 Å². The molecule has 0 bridgehead atoms. The molecule has 0 aliphatic heterocycles. The molecule has 6 heteroatoms. The first kappa shape index (κ1) is 17.4. The Morgan fingerprint density at radius 2 is 1.57 bits per heavy atom. The highest BCUT2D eigenvalue weighted by Crippen LogP contribution is 2.42. The number of nitriles is 1. The van der Waals surface area contributed by atoms with Crippen LogP contribution in [0.25, 0.3) is 5.57 Å². The van der Waals surface area contributed by atoms with Gasteiger partial charge in [0.1, 0.15) is 0 Å². The van der Waals surface area contributed by atoms with Crippen molar-refractivity contribution in [1.29, 1.82) is 5.26 Å². The standard InChI is InChI=1S/C22H18N6/c23-14-17-8-4-5-9-18(17)22(19-26-20(24)28-21(25)27-19)12-10-16(11-13-22)15-6-2-1-3-7-15/h1-12H,13H2,(H4,24,25,26,27,28). The van der Waals surface area contributed by atoms with Gasteiger partial charge in [-0.25, -0.2) is 0 Å². The summed E-state index contributed by atoms with van der Waals surface area (Å²) in [4.78, 5) is 12.6. The van der Waals surface area contributed by atoms with Gasteiger partial charge in [0.25, 0.3) is 0 Å². The number of nitrogens with two attached hydrogens (primary N) is 2. The summed E-state index contributed by atoms with van der Waals surface area (Å²) < 4.78 is 0. The highest BCUT2D eigenvalue weighted by atomic mass is 15.1. The van der Waals surface area contributed by atoms with Gasteiger partial charge in [-0.15, -0.1) is 0 Å². The molecule has 6 nitrogen and oxygen atoms in total. The fourth-order valence-corrected chi connectivity index (χ4v) is 3.55. The van der Waals surface area contributed by atoms with E-state index >= 15 is 0 Å². The number of allylic oxidation sites excluding steroid dienone is 4. The topological polar surface area (TPSA) is 114 Å². The number of nitrogens with zero attached hydrogens (tertiary/aromatic N) is 4. The molecule has 1 aliphatic rings. The summed E-state index contributed by atoms with van der Waals surface area (Å²) in [6, 6.07) is 19.8. The summed E-state index contributed by atoms with van der Waals surface area (Å²) in [6.45, 7) is 0. The van der Waals surface area contributed by atoms with Crippen molar-refractivity contribution in [2.24, 2.45) is 0 Å². The van der Waals surface area contributed by atoms with E-state index in [1.807, 2.05) is 48.6 Å². The summed E-state index contributed by atoms with van der Waals surface area (Å²) >= 11 is 0. The molecule has 0 saturated carbocycles. The van der Waals surface area contributed by atoms with Crippen molar-refractivity contribution < 1.29 is 0 Å². The van der Waals surface area contributed by atoms with E-state index in [1.54, 1.807) is 6.07 Å². The lowest BCUT2D eigenvalue weighted by molar-refractivity contribution is 0.597. The maximum absolute atomic E-state index is 9.66. The molecule has 1 atom stereocenters. The molecule has 0 amide bonds. The van der Waals surface area contributed by atoms with Gasteiger partial charge in [-0.2, -0.15) is 20.2 Å². The number of benzene rings is 2. The predicted molar refractivity (Wildman–Crippen MR) is 109 cm³/mol. The van der Waals surface area contributed by atoms with Crippen LogP contribution in [0.5, 0.6) is 0 Å². The molecule has 136 valence electrons. The average molecular weight is 366 g/mol. The van der Waals surface area contributed by atoms with Crippen molar-refractivity contribution in [3.63, 3.8) is 0 Å². The van der Waals surface area contributed by atoms with Crippen molar-refractivity contribution in [3.05, 3.63) is 95.3 Å². The predicted octanol–water partition coefficient (Wildman–Crippen LogP) is 3.24. The van der Waals surface area contributed by atoms with Gasteiger partial charge in [0.15, 0.2) is 5.82 Å². The summed E-state index contributed by atoms with van der Waals surface area (Å²) in [7, 11) is 0. The molecule has 0 radical (unpaired) electrons. The Morgan fingerprint density at radius 3 is 2.21 bits per heavy atom. The molecule has 4 rings (SSSR count). The van der Waals surface area contributed by atoms with Crippen molar-refractivity contribution in [2.45, 2.75) is 11.8 Å². The first-order chi connectivity index (χ1) is 13.6. The van der Waals surface area contributed by atoms with Gasteiger partial charge in [-0.1, -0.05) is 66.8 Å². The second-order valence-electron chi connectivity index (χ2n) is 6.57. The number of rotatable bonds is 3. The lowest BCUT2D eigenvalue weighted by atomic mass is 9.71. The monoisotopic (exact) mass is 366 g/mol. The fraction of sp³-hybridized carbons (Fsp3) is 0.0909. The fourth-order valence-electron chi connectivity index (χ4n) is 3.55. The molecule has 1 aliphatic carbocycles. The zero-order chi connectivity index (χ0) is 19.6. The highest BCUT2D eigenvalue weighted by molar-refractivity contribution is 5.76. The molecule has 0 saturated heterocycles. The first-order valence-electron chi connectivity index (χ1n) is 8.84. The molecular weight excluding hydrogens is 348 g/mol. The minimum absolute atomic E-state index is 0.0579. The molecule has 1 aromatic heterocycles. The zero-order valence-electron chi connectivity index (χ0n) is 15.1. The Hall–Kier alpha value is -3.98. The zero-order valence-corrected chi connectivity index (χ0v) is 15.1. The van der Waals surface area contributed by atoms with Crippen molar-refractivity contribution in [2.75, 3.05) is 11.5 Å². The normalized spacial score (nSPS) is 18.3. The lowest BCUT2D eigenvalue weighted by Crippen LogP contribution is -2.31. The number of anilines is 2. The summed E-state index contributed by atoms with van der Waals surface area (Å²) in [6.07, 6.45) is 6.75. The van der Waals surface area contributed by atoms with Crippen LogP contribution in [0.4, 0.5) is 11.9 Å². The van der Waals surface area contributed by atoms with Crippen LogP contribution in [0.3, 0.4) is 0 Å². The van der Waals surface area contributed by atoms with Crippen LogP contribution in [-0.2, 0) is 5.41 Å². The van der Waals surface area contributed by atoms with Crippen LogP contribution in [-0.4, -0.2) is 15.0 Å².